The van der Waals surface area contributed by atoms with Crippen molar-refractivity contribution in [2.75, 3.05) is 4.43 Å². The summed E-state index contributed by atoms with van der Waals surface area (Å²) in [5.41, 5.74) is 1.12. The van der Waals surface area contributed by atoms with Crippen molar-refractivity contribution in [1.29, 1.82) is 0 Å². The molecule has 68 valence electrons. The number of unbranched alkanes of at least 4 members (excludes halogenated alkanes) is 2. The topological polar surface area (TPSA) is 0 Å². The van der Waals surface area contributed by atoms with Crippen LogP contribution in [0, 0.1) is 11.8 Å². The van der Waals surface area contributed by atoms with Crippen LogP contribution in [0.1, 0.15) is 24.8 Å². The van der Waals surface area contributed by atoms with E-state index >= 15 is 0 Å². The molecule has 0 fully saturated rings. The molecule has 1 heteroatoms. The van der Waals surface area contributed by atoms with E-state index in [-0.39, 0.29) is 0 Å². The van der Waals surface area contributed by atoms with Crippen LogP contribution in [0.15, 0.2) is 30.3 Å². The fraction of sp³-hybridized carbons (Fsp3) is 0.333. The van der Waals surface area contributed by atoms with E-state index < -0.39 is 0 Å². The standard InChI is InChI=1S/C12H13I/c13-11-7-2-1-4-8-12-9-5-3-6-10-12/h3,5-6,9-10H,1-2,7,11H2. The number of benzene rings is 1. The van der Waals surface area contributed by atoms with Crippen molar-refractivity contribution in [2.24, 2.45) is 0 Å². The summed E-state index contributed by atoms with van der Waals surface area (Å²) in [5.74, 6) is 6.33. The Morgan fingerprint density at radius 3 is 2.54 bits per heavy atom. The molecule has 0 spiro atoms. The quantitative estimate of drug-likeness (QED) is 0.344. The van der Waals surface area contributed by atoms with E-state index in [1.807, 2.05) is 30.3 Å². The van der Waals surface area contributed by atoms with Crippen molar-refractivity contribution < 1.29 is 0 Å². The molecule has 0 aromatic heterocycles. The minimum atomic E-state index is 1.03. The number of hydrogen-bond donors (Lipinski definition) is 0. The summed E-state index contributed by atoms with van der Waals surface area (Å²) in [5, 5.41) is 0. The van der Waals surface area contributed by atoms with Gasteiger partial charge in [-0.3, -0.25) is 0 Å². The fourth-order valence-electron chi connectivity index (χ4n) is 0.994. The smallest absolute Gasteiger partial charge is 0.0245 e. The van der Waals surface area contributed by atoms with Crippen LogP contribution < -0.4 is 0 Å². The minimum absolute atomic E-state index is 1.03. The summed E-state index contributed by atoms with van der Waals surface area (Å²) in [7, 11) is 0. The molecule has 0 aliphatic rings. The lowest BCUT2D eigenvalue weighted by molar-refractivity contribution is 0.845. The van der Waals surface area contributed by atoms with Crippen LogP contribution in [0.2, 0.25) is 0 Å². The highest BCUT2D eigenvalue weighted by Crippen LogP contribution is 1.99. The summed E-state index contributed by atoms with van der Waals surface area (Å²) in [6.45, 7) is 0. The molecule has 13 heavy (non-hydrogen) atoms. The molecule has 1 rings (SSSR count). The third kappa shape index (κ3) is 4.94. The maximum Gasteiger partial charge on any atom is 0.0245 e. The third-order valence-corrected chi connectivity index (χ3v) is 2.45. The van der Waals surface area contributed by atoms with Gasteiger partial charge < -0.3 is 0 Å². The van der Waals surface area contributed by atoms with Gasteiger partial charge in [0.15, 0.2) is 0 Å². The van der Waals surface area contributed by atoms with Crippen molar-refractivity contribution in [2.45, 2.75) is 19.3 Å². The van der Waals surface area contributed by atoms with Gasteiger partial charge in [-0.2, -0.15) is 0 Å². The number of hydrogen-bond acceptors (Lipinski definition) is 0. The second-order valence-electron chi connectivity index (χ2n) is 2.81. The van der Waals surface area contributed by atoms with Crippen LogP contribution in [0.25, 0.3) is 0 Å². The molecule has 0 bridgehead atoms. The Kier molecular flexibility index (Phi) is 5.67. The Morgan fingerprint density at radius 1 is 1.08 bits per heavy atom. The lowest BCUT2D eigenvalue weighted by Crippen LogP contribution is -1.75. The van der Waals surface area contributed by atoms with Crippen LogP contribution in [0.4, 0.5) is 0 Å². The number of alkyl halides is 1. The monoisotopic (exact) mass is 284 g/mol. The van der Waals surface area contributed by atoms with Crippen molar-refractivity contribution >= 4 is 22.6 Å². The van der Waals surface area contributed by atoms with Crippen molar-refractivity contribution in [3.05, 3.63) is 35.9 Å². The van der Waals surface area contributed by atoms with Gasteiger partial charge in [0.2, 0.25) is 0 Å². The average Bonchev–Trinajstić information content (AvgIpc) is 2.19. The summed E-state index contributed by atoms with van der Waals surface area (Å²) >= 11 is 2.40. The first-order valence-electron chi connectivity index (χ1n) is 4.53. The second-order valence-corrected chi connectivity index (χ2v) is 3.89. The van der Waals surface area contributed by atoms with Crippen LogP contribution in [0.3, 0.4) is 0 Å². The predicted molar refractivity (Wildman–Crippen MR) is 66.1 cm³/mol. The van der Waals surface area contributed by atoms with Gasteiger partial charge in [0.25, 0.3) is 0 Å². The molecule has 0 saturated carbocycles. The summed E-state index contributed by atoms with van der Waals surface area (Å²) in [6.07, 6.45) is 3.53. The Balaban J connectivity index is 2.31. The molecular formula is C12H13I. The normalized spacial score (nSPS) is 9.00. The predicted octanol–water partition coefficient (Wildman–Crippen LogP) is 3.64. The van der Waals surface area contributed by atoms with Gasteiger partial charge in [-0.05, 0) is 29.4 Å². The SMILES string of the molecule is ICCCCC#Cc1ccccc1. The largest absolute Gasteiger partial charge is 0.0979 e. The molecule has 0 unspecified atom stereocenters. The molecule has 1 aromatic carbocycles. The zero-order valence-corrected chi connectivity index (χ0v) is 9.75. The van der Waals surface area contributed by atoms with Crippen LogP contribution in [-0.2, 0) is 0 Å². The Labute approximate surface area is 93.9 Å². The Bertz CT molecular complexity index is 279. The lowest BCUT2D eigenvalue weighted by Gasteiger charge is -1.88. The molecule has 0 saturated heterocycles. The summed E-state index contributed by atoms with van der Waals surface area (Å²) in [4.78, 5) is 0. The van der Waals surface area contributed by atoms with Gasteiger partial charge in [0.05, 0.1) is 0 Å². The van der Waals surface area contributed by atoms with Gasteiger partial charge in [0.1, 0.15) is 0 Å². The van der Waals surface area contributed by atoms with E-state index in [4.69, 9.17) is 0 Å². The second kappa shape index (κ2) is 6.97. The molecule has 0 amide bonds. The number of rotatable bonds is 3. The Hall–Kier alpha value is -0.490. The van der Waals surface area contributed by atoms with Crippen LogP contribution in [0.5, 0.6) is 0 Å². The molecule has 0 radical (unpaired) electrons. The maximum atomic E-state index is 3.18. The van der Waals surface area contributed by atoms with E-state index in [0.29, 0.717) is 0 Å². The van der Waals surface area contributed by atoms with Gasteiger partial charge in [-0.25, -0.2) is 0 Å². The molecule has 0 atom stereocenters. The van der Waals surface area contributed by atoms with Gasteiger partial charge in [-0.1, -0.05) is 52.6 Å². The molecule has 0 aliphatic carbocycles. The van der Waals surface area contributed by atoms with Crippen molar-refractivity contribution in [3.8, 4) is 11.8 Å². The average molecular weight is 284 g/mol. The van der Waals surface area contributed by atoms with E-state index in [9.17, 15) is 0 Å². The van der Waals surface area contributed by atoms with Crippen molar-refractivity contribution in [3.63, 3.8) is 0 Å². The van der Waals surface area contributed by atoms with Crippen LogP contribution >= 0.6 is 22.6 Å². The van der Waals surface area contributed by atoms with E-state index in [1.54, 1.807) is 0 Å². The van der Waals surface area contributed by atoms with E-state index in [2.05, 4.69) is 34.4 Å². The van der Waals surface area contributed by atoms with Gasteiger partial charge in [-0.15, -0.1) is 0 Å². The lowest BCUT2D eigenvalue weighted by atomic mass is 10.2. The van der Waals surface area contributed by atoms with E-state index in [0.717, 1.165) is 12.0 Å². The van der Waals surface area contributed by atoms with Crippen LogP contribution in [-0.4, -0.2) is 4.43 Å². The molecule has 0 aliphatic heterocycles. The Morgan fingerprint density at radius 2 is 1.85 bits per heavy atom. The highest BCUT2D eigenvalue weighted by molar-refractivity contribution is 14.1. The van der Waals surface area contributed by atoms with Gasteiger partial charge in [0, 0.05) is 12.0 Å². The third-order valence-electron chi connectivity index (χ3n) is 1.69. The zero-order valence-electron chi connectivity index (χ0n) is 7.59. The first kappa shape index (κ1) is 10.6. The molecular weight excluding hydrogens is 271 g/mol. The maximum absolute atomic E-state index is 3.18. The van der Waals surface area contributed by atoms with Crippen molar-refractivity contribution in [1.82, 2.24) is 0 Å². The first-order valence-corrected chi connectivity index (χ1v) is 6.06. The molecule has 1 aromatic rings. The summed E-state index contributed by atoms with van der Waals surface area (Å²) < 4.78 is 1.24. The number of halogens is 1. The first-order chi connectivity index (χ1) is 6.43. The molecule has 0 N–H and O–H groups in total. The minimum Gasteiger partial charge on any atom is -0.0979 e. The highest BCUT2D eigenvalue weighted by atomic mass is 127. The van der Waals surface area contributed by atoms with Gasteiger partial charge >= 0.3 is 0 Å². The highest BCUT2D eigenvalue weighted by Gasteiger charge is 1.83. The molecule has 0 heterocycles. The fourth-order valence-corrected chi connectivity index (χ4v) is 1.53. The van der Waals surface area contributed by atoms with E-state index in [1.165, 1.54) is 17.3 Å². The zero-order chi connectivity index (χ0) is 9.36. The summed E-state index contributed by atoms with van der Waals surface area (Å²) in [6, 6.07) is 10.2. The molecule has 0 nitrogen and oxygen atoms in total.